The van der Waals surface area contributed by atoms with E-state index in [1.165, 1.54) is 12.8 Å². The van der Waals surface area contributed by atoms with Crippen LogP contribution >= 0.6 is 11.6 Å². The van der Waals surface area contributed by atoms with Gasteiger partial charge >= 0.3 is 0 Å². The van der Waals surface area contributed by atoms with Gasteiger partial charge in [-0.3, -0.25) is 0 Å². The van der Waals surface area contributed by atoms with Gasteiger partial charge in [0.15, 0.2) is 0 Å². The minimum atomic E-state index is -0.0443. The van der Waals surface area contributed by atoms with Crippen LogP contribution in [0.2, 0.25) is 5.02 Å². The van der Waals surface area contributed by atoms with E-state index in [2.05, 4.69) is 19.9 Å². The van der Waals surface area contributed by atoms with E-state index in [0.29, 0.717) is 6.10 Å². The Kier molecular flexibility index (Phi) is 5.88. The van der Waals surface area contributed by atoms with Crippen LogP contribution in [0.15, 0.2) is 24.3 Å². The van der Waals surface area contributed by atoms with E-state index in [-0.39, 0.29) is 12.1 Å². The molecule has 2 nitrogen and oxygen atoms in total. The Morgan fingerprint density at radius 3 is 2.60 bits per heavy atom. The third-order valence-corrected chi connectivity index (χ3v) is 4.57. The molecule has 1 saturated carbocycles. The molecule has 3 heteroatoms. The monoisotopic (exact) mass is 295 g/mol. The van der Waals surface area contributed by atoms with Crippen molar-refractivity contribution in [3.05, 3.63) is 34.9 Å². The summed E-state index contributed by atoms with van der Waals surface area (Å²) in [6, 6.07) is 7.93. The minimum Gasteiger partial charge on any atom is -0.369 e. The zero-order chi connectivity index (χ0) is 14.5. The zero-order valence-electron chi connectivity index (χ0n) is 12.5. The Morgan fingerprint density at radius 1 is 1.30 bits per heavy atom. The van der Waals surface area contributed by atoms with Gasteiger partial charge in [-0.2, -0.15) is 0 Å². The smallest absolute Gasteiger partial charge is 0.0979 e. The van der Waals surface area contributed by atoms with E-state index >= 15 is 0 Å². The highest BCUT2D eigenvalue weighted by atomic mass is 35.5. The van der Waals surface area contributed by atoms with Gasteiger partial charge in [0.05, 0.1) is 12.2 Å². The van der Waals surface area contributed by atoms with Gasteiger partial charge in [-0.25, -0.2) is 0 Å². The van der Waals surface area contributed by atoms with Crippen LogP contribution in [-0.2, 0) is 4.74 Å². The lowest BCUT2D eigenvalue weighted by Gasteiger charge is -2.32. The molecule has 0 aromatic heterocycles. The SMILES string of the molecule is CCC(N)C(OC1CCC(C)CC1)c1cccc(Cl)c1. The van der Waals surface area contributed by atoms with Crippen LogP contribution in [0.5, 0.6) is 0 Å². The van der Waals surface area contributed by atoms with E-state index in [0.717, 1.165) is 35.8 Å². The fraction of sp³-hybridized carbons (Fsp3) is 0.647. The van der Waals surface area contributed by atoms with Crippen molar-refractivity contribution < 1.29 is 4.74 Å². The fourth-order valence-electron chi connectivity index (χ4n) is 2.90. The molecule has 0 radical (unpaired) electrons. The summed E-state index contributed by atoms with van der Waals surface area (Å²) in [5.74, 6) is 0.833. The molecule has 1 aromatic rings. The van der Waals surface area contributed by atoms with Crippen LogP contribution in [0.3, 0.4) is 0 Å². The molecule has 0 heterocycles. The molecule has 2 unspecified atom stereocenters. The first-order chi connectivity index (χ1) is 9.60. The standard InChI is InChI=1S/C17H26ClNO/c1-3-16(19)17(13-5-4-6-14(18)11-13)20-15-9-7-12(2)8-10-15/h4-6,11-12,15-17H,3,7-10,19H2,1-2H3. The van der Waals surface area contributed by atoms with Crippen molar-refractivity contribution in [2.75, 3.05) is 0 Å². The Morgan fingerprint density at radius 2 is 2.00 bits per heavy atom. The summed E-state index contributed by atoms with van der Waals surface area (Å²) >= 11 is 6.10. The molecule has 1 aliphatic rings. The number of hydrogen-bond donors (Lipinski definition) is 1. The third-order valence-electron chi connectivity index (χ3n) is 4.34. The summed E-state index contributed by atoms with van der Waals surface area (Å²) in [7, 11) is 0. The van der Waals surface area contributed by atoms with Crippen LogP contribution in [-0.4, -0.2) is 12.1 Å². The number of ether oxygens (including phenoxy) is 1. The molecule has 0 amide bonds. The molecular weight excluding hydrogens is 270 g/mol. The summed E-state index contributed by atoms with van der Waals surface area (Å²) in [5.41, 5.74) is 7.38. The van der Waals surface area contributed by atoms with Crippen molar-refractivity contribution in [2.45, 2.75) is 64.2 Å². The second-order valence-electron chi connectivity index (χ2n) is 6.07. The maximum Gasteiger partial charge on any atom is 0.0979 e. The molecule has 0 saturated heterocycles. The van der Waals surface area contributed by atoms with Gasteiger partial charge in [0, 0.05) is 11.1 Å². The Hall–Kier alpha value is -0.570. The zero-order valence-corrected chi connectivity index (χ0v) is 13.3. The first-order valence-corrected chi connectivity index (χ1v) is 8.14. The number of benzene rings is 1. The molecule has 2 atom stereocenters. The lowest BCUT2D eigenvalue weighted by atomic mass is 9.88. The molecule has 20 heavy (non-hydrogen) atoms. The van der Waals surface area contributed by atoms with Gasteiger partial charge in [0.1, 0.15) is 0 Å². The predicted molar refractivity (Wildman–Crippen MR) is 85.0 cm³/mol. The number of rotatable bonds is 5. The van der Waals surface area contributed by atoms with E-state index in [1.54, 1.807) is 0 Å². The van der Waals surface area contributed by atoms with Gasteiger partial charge in [-0.1, -0.05) is 37.6 Å². The predicted octanol–water partition coefficient (Wildman–Crippen LogP) is 4.71. The maximum atomic E-state index is 6.35. The molecule has 1 aliphatic carbocycles. The topological polar surface area (TPSA) is 35.2 Å². The van der Waals surface area contributed by atoms with E-state index in [9.17, 15) is 0 Å². The van der Waals surface area contributed by atoms with Crippen molar-refractivity contribution in [1.82, 2.24) is 0 Å². The third kappa shape index (κ3) is 4.21. The molecule has 1 fully saturated rings. The van der Waals surface area contributed by atoms with Gasteiger partial charge in [0.2, 0.25) is 0 Å². The molecule has 1 aromatic carbocycles. The fourth-order valence-corrected chi connectivity index (χ4v) is 3.10. The van der Waals surface area contributed by atoms with E-state index in [1.807, 2.05) is 18.2 Å². The first-order valence-electron chi connectivity index (χ1n) is 7.76. The van der Waals surface area contributed by atoms with Crippen LogP contribution in [0.1, 0.15) is 57.6 Å². The van der Waals surface area contributed by atoms with Gasteiger partial charge in [-0.05, 0) is 55.7 Å². The van der Waals surface area contributed by atoms with Crippen molar-refractivity contribution in [3.63, 3.8) is 0 Å². The molecule has 112 valence electrons. The quantitative estimate of drug-likeness (QED) is 0.853. The average Bonchev–Trinajstić information content (AvgIpc) is 2.46. The second-order valence-corrected chi connectivity index (χ2v) is 6.50. The maximum absolute atomic E-state index is 6.35. The highest BCUT2D eigenvalue weighted by molar-refractivity contribution is 6.30. The molecule has 0 spiro atoms. The lowest BCUT2D eigenvalue weighted by Crippen LogP contribution is -2.33. The van der Waals surface area contributed by atoms with Crippen LogP contribution in [0.4, 0.5) is 0 Å². The van der Waals surface area contributed by atoms with Crippen molar-refractivity contribution in [1.29, 1.82) is 0 Å². The summed E-state index contributed by atoms with van der Waals surface area (Å²) in [4.78, 5) is 0. The Balaban J connectivity index is 2.08. The Labute approximate surface area is 127 Å². The number of halogens is 1. The normalized spacial score (nSPS) is 26.2. The van der Waals surface area contributed by atoms with Crippen LogP contribution in [0.25, 0.3) is 0 Å². The van der Waals surface area contributed by atoms with E-state index < -0.39 is 0 Å². The summed E-state index contributed by atoms with van der Waals surface area (Å²) < 4.78 is 6.35. The summed E-state index contributed by atoms with van der Waals surface area (Å²) in [6.45, 7) is 4.43. The highest BCUT2D eigenvalue weighted by Crippen LogP contribution is 2.32. The second kappa shape index (κ2) is 7.44. The molecule has 2 N–H and O–H groups in total. The van der Waals surface area contributed by atoms with Gasteiger partial charge in [-0.15, -0.1) is 0 Å². The molecule has 0 bridgehead atoms. The summed E-state index contributed by atoms with van der Waals surface area (Å²) in [6.07, 6.45) is 6.01. The van der Waals surface area contributed by atoms with Gasteiger partial charge in [0.25, 0.3) is 0 Å². The van der Waals surface area contributed by atoms with E-state index in [4.69, 9.17) is 22.1 Å². The lowest BCUT2D eigenvalue weighted by molar-refractivity contribution is -0.0488. The average molecular weight is 296 g/mol. The van der Waals surface area contributed by atoms with Crippen LogP contribution < -0.4 is 5.73 Å². The highest BCUT2D eigenvalue weighted by Gasteiger charge is 2.26. The Bertz CT molecular complexity index is 415. The number of hydrogen-bond acceptors (Lipinski definition) is 2. The van der Waals surface area contributed by atoms with Crippen molar-refractivity contribution in [3.8, 4) is 0 Å². The molecule has 2 rings (SSSR count). The van der Waals surface area contributed by atoms with Crippen molar-refractivity contribution in [2.24, 2.45) is 11.7 Å². The first kappa shape index (κ1) is 15.8. The van der Waals surface area contributed by atoms with Crippen molar-refractivity contribution >= 4 is 11.6 Å². The molecular formula is C17H26ClNO. The summed E-state index contributed by atoms with van der Waals surface area (Å²) in [5, 5.41) is 0.747. The van der Waals surface area contributed by atoms with Gasteiger partial charge < -0.3 is 10.5 Å². The largest absolute Gasteiger partial charge is 0.369 e. The minimum absolute atomic E-state index is 0.0211. The number of nitrogens with two attached hydrogens (primary N) is 1. The molecule has 0 aliphatic heterocycles. The van der Waals surface area contributed by atoms with Crippen LogP contribution in [0, 0.1) is 5.92 Å².